The summed E-state index contributed by atoms with van der Waals surface area (Å²) in [5, 5.41) is 13.3. The van der Waals surface area contributed by atoms with Crippen molar-refractivity contribution in [2.45, 2.75) is 26.2 Å². The zero-order valence-corrected chi connectivity index (χ0v) is 10.0. The van der Waals surface area contributed by atoms with Crippen LogP contribution in [0.15, 0.2) is 0 Å². The third-order valence-electron chi connectivity index (χ3n) is 2.65. The number of anilines is 1. The molecule has 0 radical (unpaired) electrons. The van der Waals surface area contributed by atoms with Gasteiger partial charge in [0.1, 0.15) is 5.01 Å². The van der Waals surface area contributed by atoms with E-state index < -0.39 is 0 Å². The van der Waals surface area contributed by atoms with Crippen LogP contribution in [0.2, 0.25) is 0 Å². The first-order valence-corrected chi connectivity index (χ1v) is 6.42. The summed E-state index contributed by atoms with van der Waals surface area (Å²) in [4.78, 5) is 2.53. The number of rotatable bonds is 5. The first kappa shape index (κ1) is 10.8. The summed E-state index contributed by atoms with van der Waals surface area (Å²) in [6, 6.07) is 0. The Balaban J connectivity index is 1.58. The molecule has 0 unspecified atom stereocenters. The minimum Gasteiger partial charge on any atom is -0.360 e. The average Bonchev–Trinajstić information content (AvgIpc) is 2.84. The van der Waals surface area contributed by atoms with E-state index >= 15 is 0 Å². The Labute approximate surface area is 94.7 Å². The molecule has 0 aromatic carbocycles. The molecule has 0 amide bonds. The first-order chi connectivity index (χ1) is 7.34. The number of nitrogens with zero attached hydrogens (tertiary/aromatic N) is 3. The molecule has 0 spiro atoms. The summed E-state index contributed by atoms with van der Waals surface area (Å²) < 4.78 is 0. The Hall–Kier alpha value is -0.680. The predicted molar refractivity (Wildman–Crippen MR) is 63.4 cm³/mol. The monoisotopic (exact) mass is 226 g/mol. The lowest BCUT2D eigenvalue weighted by Gasteiger charge is -2.13. The second-order valence-electron chi connectivity index (χ2n) is 3.96. The number of aromatic nitrogens is 2. The number of likely N-dealkylation sites (tertiary alicyclic amines) is 1. The highest BCUT2D eigenvalue weighted by Crippen LogP contribution is 2.13. The maximum absolute atomic E-state index is 4.03. The lowest BCUT2D eigenvalue weighted by Crippen LogP contribution is -2.22. The summed E-state index contributed by atoms with van der Waals surface area (Å²) >= 11 is 1.62. The average molecular weight is 226 g/mol. The van der Waals surface area contributed by atoms with Gasteiger partial charge >= 0.3 is 0 Å². The van der Waals surface area contributed by atoms with Crippen molar-refractivity contribution in [1.82, 2.24) is 15.1 Å². The maximum Gasteiger partial charge on any atom is 0.205 e. The molecule has 5 heteroatoms. The van der Waals surface area contributed by atoms with Gasteiger partial charge in [0.2, 0.25) is 5.13 Å². The molecule has 1 saturated heterocycles. The normalized spacial score (nSPS) is 17.1. The largest absolute Gasteiger partial charge is 0.360 e. The van der Waals surface area contributed by atoms with Gasteiger partial charge < -0.3 is 10.2 Å². The summed E-state index contributed by atoms with van der Waals surface area (Å²) in [6.07, 6.45) is 3.95. The van der Waals surface area contributed by atoms with Crippen LogP contribution in [-0.4, -0.2) is 41.3 Å². The van der Waals surface area contributed by atoms with Gasteiger partial charge in [-0.3, -0.25) is 0 Å². The zero-order valence-electron chi connectivity index (χ0n) is 9.20. The van der Waals surface area contributed by atoms with E-state index in [-0.39, 0.29) is 0 Å². The topological polar surface area (TPSA) is 41.1 Å². The van der Waals surface area contributed by atoms with E-state index in [0.717, 1.165) is 16.7 Å². The van der Waals surface area contributed by atoms with Gasteiger partial charge in [-0.15, -0.1) is 10.2 Å². The van der Waals surface area contributed by atoms with Crippen molar-refractivity contribution in [3.63, 3.8) is 0 Å². The molecule has 1 aromatic rings. The van der Waals surface area contributed by atoms with E-state index in [4.69, 9.17) is 0 Å². The minimum atomic E-state index is 0.953. The van der Waals surface area contributed by atoms with E-state index in [1.165, 1.54) is 38.9 Å². The Morgan fingerprint density at radius 1 is 1.33 bits per heavy atom. The predicted octanol–water partition coefficient (Wildman–Crippen LogP) is 1.74. The standard InChI is InChI=1S/C10H18N4S/c1-9-12-13-10(15-9)11-5-4-8-14-6-2-3-7-14/h2-8H2,1H3,(H,11,13). The molecule has 0 atom stereocenters. The van der Waals surface area contributed by atoms with E-state index in [1.54, 1.807) is 11.3 Å². The maximum atomic E-state index is 4.03. The fourth-order valence-corrected chi connectivity index (χ4v) is 2.49. The van der Waals surface area contributed by atoms with Gasteiger partial charge in [0, 0.05) is 6.54 Å². The van der Waals surface area contributed by atoms with Crippen LogP contribution in [0.3, 0.4) is 0 Å². The van der Waals surface area contributed by atoms with Gasteiger partial charge in [-0.1, -0.05) is 11.3 Å². The van der Waals surface area contributed by atoms with Crippen molar-refractivity contribution in [2.75, 3.05) is 31.5 Å². The smallest absolute Gasteiger partial charge is 0.205 e. The second-order valence-corrected chi connectivity index (χ2v) is 5.14. The Morgan fingerprint density at radius 3 is 2.80 bits per heavy atom. The molecule has 1 fully saturated rings. The third kappa shape index (κ3) is 3.43. The third-order valence-corrected chi connectivity index (χ3v) is 3.45. The van der Waals surface area contributed by atoms with Crippen LogP contribution >= 0.6 is 11.3 Å². The van der Waals surface area contributed by atoms with Crippen molar-refractivity contribution < 1.29 is 0 Å². The minimum absolute atomic E-state index is 0.953. The van der Waals surface area contributed by atoms with Crippen LogP contribution in [0.1, 0.15) is 24.3 Å². The quantitative estimate of drug-likeness (QED) is 0.777. The number of nitrogens with one attached hydrogen (secondary N) is 1. The summed E-state index contributed by atoms with van der Waals surface area (Å²) in [7, 11) is 0. The van der Waals surface area contributed by atoms with Crippen LogP contribution in [0, 0.1) is 6.92 Å². The van der Waals surface area contributed by atoms with Gasteiger partial charge in [0.25, 0.3) is 0 Å². The zero-order chi connectivity index (χ0) is 10.5. The first-order valence-electron chi connectivity index (χ1n) is 5.61. The highest BCUT2D eigenvalue weighted by molar-refractivity contribution is 7.15. The van der Waals surface area contributed by atoms with Crippen molar-refractivity contribution in [2.24, 2.45) is 0 Å². The number of aryl methyl sites for hydroxylation is 1. The van der Waals surface area contributed by atoms with Crippen molar-refractivity contribution in [1.29, 1.82) is 0 Å². The van der Waals surface area contributed by atoms with Crippen LogP contribution in [0.25, 0.3) is 0 Å². The van der Waals surface area contributed by atoms with E-state index in [0.29, 0.717) is 0 Å². The fraction of sp³-hybridized carbons (Fsp3) is 0.800. The molecule has 1 aliphatic rings. The van der Waals surface area contributed by atoms with Crippen molar-refractivity contribution in [3.05, 3.63) is 5.01 Å². The van der Waals surface area contributed by atoms with Gasteiger partial charge in [-0.2, -0.15) is 0 Å². The van der Waals surface area contributed by atoms with E-state index in [2.05, 4.69) is 20.4 Å². The molecule has 15 heavy (non-hydrogen) atoms. The van der Waals surface area contributed by atoms with Gasteiger partial charge in [-0.25, -0.2) is 0 Å². The molecule has 84 valence electrons. The molecule has 0 aliphatic carbocycles. The van der Waals surface area contributed by atoms with E-state index in [9.17, 15) is 0 Å². The molecule has 2 heterocycles. The molecule has 1 N–H and O–H groups in total. The molecular formula is C10H18N4S. The van der Waals surface area contributed by atoms with Crippen LogP contribution in [0.4, 0.5) is 5.13 Å². The molecule has 4 nitrogen and oxygen atoms in total. The summed E-state index contributed by atoms with van der Waals surface area (Å²) in [6.45, 7) is 6.78. The highest BCUT2D eigenvalue weighted by atomic mass is 32.1. The molecule has 0 saturated carbocycles. The van der Waals surface area contributed by atoms with Crippen LogP contribution in [0.5, 0.6) is 0 Å². The molecule has 0 bridgehead atoms. The molecule has 1 aromatic heterocycles. The number of hydrogen-bond acceptors (Lipinski definition) is 5. The summed E-state index contributed by atoms with van der Waals surface area (Å²) in [5.41, 5.74) is 0. The fourth-order valence-electron chi connectivity index (χ4n) is 1.87. The lowest BCUT2D eigenvalue weighted by molar-refractivity contribution is 0.337. The lowest BCUT2D eigenvalue weighted by atomic mass is 10.4. The van der Waals surface area contributed by atoms with Crippen LogP contribution < -0.4 is 5.32 Å². The molecule has 2 rings (SSSR count). The SMILES string of the molecule is Cc1nnc(NCCCN2CCCC2)s1. The Kier molecular flexibility index (Phi) is 3.91. The van der Waals surface area contributed by atoms with Crippen molar-refractivity contribution >= 4 is 16.5 Å². The van der Waals surface area contributed by atoms with Crippen LogP contribution in [-0.2, 0) is 0 Å². The van der Waals surface area contributed by atoms with Gasteiger partial charge in [-0.05, 0) is 45.8 Å². The number of hydrogen-bond donors (Lipinski definition) is 1. The second kappa shape index (κ2) is 5.42. The van der Waals surface area contributed by atoms with Gasteiger partial charge in [0.05, 0.1) is 0 Å². The molecule has 1 aliphatic heterocycles. The Bertz CT molecular complexity index is 293. The van der Waals surface area contributed by atoms with Gasteiger partial charge in [0.15, 0.2) is 0 Å². The van der Waals surface area contributed by atoms with Crippen molar-refractivity contribution in [3.8, 4) is 0 Å². The highest BCUT2D eigenvalue weighted by Gasteiger charge is 2.10. The Morgan fingerprint density at radius 2 is 2.13 bits per heavy atom. The summed E-state index contributed by atoms with van der Waals surface area (Å²) in [5.74, 6) is 0. The van der Waals surface area contributed by atoms with E-state index in [1.807, 2.05) is 6.92 Å². The molecular weight excluding hydrogens is 208 g/mol.